The second kappa shape index (κ2) is 8.09. The molecule has 0 unspecified atom stereocenters. The highest BCUT2D eigenvalue weighted by Crippen LogP contribution is 2.34. The minimum atomic E-state index is -0.420. The minimum absolute atomic E-state index is 0.276. The van der Waals surface area contributed by atoms with E-state index in [1.165, 1.54) is 22.3 Å². The van der Waals surface area contributed by atoms with E-state index in [1.54, 1.807) is 31.2 Å². The van der Waals surface area contributed by atoms with Crippen LogP contribution in [-0.4, -0.2) is 38.7 Å². The molecule has 9 heteroatoms. The van der Waals surface area contributed by atoms with Gasteiger partial charge in [0, 0.05) is 10.4 Å². The number of hydrogen-bond acceptors (Lipinski definition) is 7. The number of carbonyl (C=O) groups is 2. The van der Waals surface area contributed by atoms with Gasteiger partial charge in [-0.05, 0) is 54.5 Å². The van der Waals surface area contributed by atoms with Crippen molar-refractivity contribution < 1.29 is 14.3 Å². The molecular weight excluding hydrogens is 366 g/mol. The Morgan fingerprint density at radius 3 is 2.78 bits per heavy atom. The van der Waals surface area contributed by atoms with Gasteiger partial charge in [-0.2, -0.15) is 0 Å². The van der Waals surface area contributed by atoms with Crippen molar-refractivity contribution in [2.24, 2.45) is 0 Å². The lowest BCUT2D eigenvalue weighted by atomic mass is 10.1. The van der Waals surface area contributed by atoms with Crippen molar-refractivity contribution in [2.75, 3.05) is 11.9 Å². The van der Waals surface area contributed by atoms with Gasteiger partial charge in [-0.15, -0.1) is 16.4 Å². The number of tetrazole rings is 1. The summed E-state index contributed by atoms with van der Waals surface area (Å²) in [5.74, 6) is -0.740. The van der Waals surface area contributed by atoms with E-state index in [0.717, 1.165) is 10.4 Å². The van der Waals surface area contributed by atoms with E-state index in [2.05, 4.69) is 20.8 Å². The molecule has 0 fully saturated rings. The zero-order chi connectivity index (χ0) is 19.4. The minimum Gasteiger partial charge on any atom is -0.462 e. The molecule has 0 saturated heterocycles. The topological polar surface area (TPSA) is 99.0 Å². The summed E-state index contributed by atoms with van der Waals surface area (Å²) in [6, 6.07) is 6.91. The van der Waals surface area contributed by atoms with Crippen molar-refractivity contribution >= 4 is 28.2 Å². The zero-order valence-corrected chi connectivity index (χ0v) is 16.0. The number of nitrogens with zero attached hydrogens (tertiary/aromatic N) is 4. The largest absolute Gasteiger partial charge is 0.462 e. The first kappa shape index (κ1) is 18.7. The predicted molar refractivity (Wildman–Crippen MR) is 101 cm³/mol. The molecule has 2 heterocycles. The van der Waals surface area contributed by atoms with Crippen LogP contribution in [0.5, 0.6) is 0 Å². The molecule has 0 radical (unpaired) electrons. The van der Waals surface area contributed by atoms with Crippen LogP contribution in [0.15, 0.2) is 30.6 Å². The van der Waals surface area contributed by atoms with Gasteiger partial charge in [-0.1, -0.05) is 13.0 Å². The van der Waals surface area contributed by atoms with Crippen molar-refractivity contribution in [1.29, 1.82) is 0 Å². The first-order chi connectivity index (χ1) is 13.0. The average molecular weight is 385 g/mol. The van der Waals surface area contributed by atoms with Gasteiger partial charge in [0.25, 0.3) is 5.91 Å². The zero-order valence-electron chi connectivity index (χ0n) is 15.2. The fourth-order valence-electron chi connectivity index (χ4n) is 2.76. The lowest BCUT2D eigenvalue weighted by Crippen LogP contribution is -2.15. The molecule has 140 valence electrons. The number of amides is 1. The van der Waals surface area contributed by atoms with Gasteiger partial charge < -0.3 is 10.1 Å². The van der Waals surface area contributed by atoms with Gasteiger partial charge in [-0.3, -0.25) is 4.79 Å². The van der Waals surface area contributed by atoms with Crippen LogP contribution in [0, 0.1) is 6.92 Å². The van der Waals surface area contributed by atoms with Crippen molar-refractivity contribution in [1.82, 2.24) is 20.2 Å². The highest BCUT2D eigenvalue weighted by molar-refractivity contribution is 7.16. The second-order valence-corrected chi connectivity index (χ2v) is 6.90. The van der Waals surface area contributed by atoms with E-state index in [9.17, 15) is 9.59 Å². The Hall–Kier alpha value is -3.07. The SMILES string of the molecule is CCOC(=O)c1c(NC(=O)c2cccc(-n3cnnn3)c2)sc(C)c1CC. The summed E-state index contributed by atoms with van der Waals surface area (Å²) in [5, 5.41) is 14.4. The van der Waals surface area contributed by atoms with E-state index < -0.39 is 5.97 Å². The quantitative estimate of drug-likeness (QED) is 0.655. The first-order valence-corrected chi connectivity index (χ1v) is 9.30. The monoisotopic (exact) mass is 385 g/mol. The summed E-state index contributed by atoms with van der Waals surface area (Å²) in [5.41, 5.74) is 2.43. The van der Waals surface area contributed by atoms with Crippen LogP contribution < -0.4 is 5.32 Å². The lowest BCUT2D eigenvalue weighted by molar-refractivity contribution is 0.0527. The Balaban J connectivity index is 1.90. The van der Waals surface area contributed by atoms with Gasteiger partial charge in [0.2, 0.25) is 0 Å². The molecule has 0 bridgehead atoms. The maximum Gasteiger partial charge on any atom is 0.341 e. The van der Waals surface area contributed by atoms with Crippen LogP contribution >= 0.6 is 11.3 Å². The summed E-state index contributed by atoms with van der Waals surface area (Å²) in [4.78, 5) is 26.1. The molecule has 0 aliphatic carbocycles. The Bertz CT molecular complexity index is 966. The number of ether oxygens (including phenoxy) is 1. The highest BCUT2D eigenvalue weighted by atomic mass is 32.1. The second-order valence-electron chi connectivity index (χ2n) is 5.67. The molecule has 1 amide bonds. The van der Waals surface area contributed by atoms with Crippen molar-refractivity contribution in [3.63, 3.8) is 0 Å². The van der Waals surface area contributed by atoms with E-state index in [1.807, 2.05) is 13.8 Å². The smallest absolute Gasteiger partial charge is 0.341 e. The number of hydrogen-bond donors (Lipinski definition) is 1. The van der Waals surface area contributed by atoms with E-state index in [0.29, 0.717) is 28.2 Å². The predicted octanol–water partition coefficient (Wildman–Crippen LogP) is 3.02. The maximum atomic E-state index is 12.8. The van der Waals surface area contributed by atoms with E-state index in [4.69, 9.17) is 4.74 Å². The maximum absolute atomic E-state index is 12.8. The van der Waals surface area contributed by atoms with Crippen LogP contribution in [-0.2, 0) is 11.2 Å². The molecule has 0 aliphatic rings. The van der Waals surface area contributed by atoms with Crippen LogP contribution in [0.4, 0.5) is 5.00 Å². The van der Waals surface area contributed by atoms with Gasteiger partial charge in [0.05, 0.1) is 17.9 Å². The third kappa shape index (κ3) is 3.87. The Morgan fingerprint density at radius 2 is 2.11 bits per heavy atom. The summed E-state index contributed by atoms with van der Waals surface area (Å²) in [6.45, 7) is 5.93. The lowest BCUT2D eigenvalue weighted by Gasteiger charge is -2.09. The highest BCUT2D eigenvalue weighted by Gasteiger charge is 2.23. The number of rotatable bonds is 6. The standard InChI is InChI=1S/C18H19N5O3S/c1-4-14-11(3)27-17(15(14)18(25)26-5-2)20-16(24)12-7-6-8-13(9-12)23-10-19-21-22-23/h6-10H,4-5H2,1-3H3,(H,20,24). The van der Waals surface area contributed by atoms with Crippen LogP contribution in [0.2, 0.25) is 0 Å². The molecule has 0 aliphatic heterocycles. The number of aromatic nitrogens is 4. The molecule has 0 atom stereocenters. The summed E-state index contributed by atoms with van der Waals surface area (Å²) >= 11 is 1.37. The molecule has 1 N–H and O–H groups in total. The van der Waals surface area contributed by atoms with Crippen molar-refractivity contribution in [3.05, 3.63) is 52.2 Å². The van der Waals surface area contributed by atoms with Crippen LogP contribution in [0.1, 0.15) is 45.0 Å². The summed E-state index contributed by atoms with van der Waals surface area (Å²) < 4.78 is 6.63. The Labute approximate surface area is 160 Å². The first-order valence-electron chi connectivity index (χ1n) is 8.49. The number of anilines is 1. The molecule has 0 spiro atoms. The third-order valence-corrected chi connectivity index (χ3v) is 5.05. The van der Waals surface area contributed by atoms with Crippen LogP contribution in [0.25, 0.3) is 5.69 Å². The molecule has 3 aromatic rings. The summed E-state index contributed by atoms with van der Waals surface area (Å²) in [6.07, 6.45) is 2.13. The number of thiophene rings is 1. The van der Waals surface area contributed by atoms with Gasteiger partial charge in [0.15, 0.2) is 0 Å². The number of aryl methyl sites for hydroxylation is 1. The van der Waals surface area contributed by atoms with Crippen molar-refractivity contribution in [3.8, 4) is 5.69 Å². The van der Waals surface area contributed by atoms with Gasteiger partial charge >= 0.3 is 5.97 Å². The number of esters is 1. The molecule has 3 rings (SSSR count). The molecule has 1 aromatic carbocycles. The number of benzene rings is 1. The fraction of sp³-hybridized carbons (Fsp3) is 0.278. The normalized spacial score (nSPS) is 10.6. The Morgan fingerprint density at radius 1 is 1.30 bits per heavy atom. The molecule has 8 nitrogen and oxygen atoms in total. The number of nitrogens with one attached hydrogen (secondary N) is 1. The molecular formula is C18H19N5O3S. The average Bonchev–Trinajstić information content (AvgIpc) is 3.29. The third-order valence-electron chi connectivity index (χ3n) is 3.99. The van der Waals surface area contributed by atoms with E-state index >= 15 is 0 Å². The molecule has 2 aromatic heterocycles. The van der Waals surface area contributed by atoms with Gasteiger partial charge in [0.1, 0.15) is 11.3 Å². The van der Waals surface area contributed by atoms with Crippen LogP contribution in [0.3, 0.4) is 0 Å². The summed E-state index contributed by atoms with van der Waals surface area (Å²) in [7, 11) is 0. The fourth-order valence-corrected chi connectivity index (χ4v) is 3.88. The molecule has 0 saturated carbocycles. The molecule has 27 heavy (non-hydrogen) atoms. The van der Waals surface area contributed by atoms with Gasteiger partial charge in [-0.25, -0.2) is 9.48 Å². The van der Waals surface area contributed by atoms with Crippen molar-refractivity contribution in [2.45, 2.75) is 27.2 Å². The Kier molecular flexibility index (Phi) is 5.60. The van der Waals surface area contributed by atoms with E-state index in [-0.39, 0.29) is 12.5 Å². The number of carbonyl (C=O) groups excluding carboxylic acids is 2.